The average Bonchev–Trinajstić information content (AvgIpc) is 2.65. The second-order valence-corrected chi connectivity index (χ2v) is 7.19. The first kappa shape index (κ1) is 20.5. The van der Waals surface area contributed by atoms with Gasteiger partial charge in [0, 0.05) is 10.8 Å². The molecule has 0 aliphatic heterocycles. The van der Waals surface area contributed by atoms with Gasteiger partial charge in [0.25, 0.3) is 0 Å². The molecule has 140 valence electrons. The number of amides is 1. The van der Waals surface area contributed by atoms with Crippen molar-refractivity contribution in [1.29, 1.82) is 0 Å². The summed E-state index contributed by atoms with van der Waals surface area (Å²) < 4.78 is 10.6. The summed E-state index contributed by atoms with van der Waals surface area (Å²) in [5.74, 6) is 2.50. The summed E-state index contributed by atoms with van der Waals surface area (Å²) in [6.45, 7) is 2.04. The molecule has 0 aromatic heterocycles. The van der Waals surface area contributed by atoms with Crippen LogP contribution in [0.5, 0.6) is 11.5 Å². The minimum absolute atomic E-state index is 0.0127. The number of methoxy groups -OCH3 is 2. The fraction of sp³-hybridized carbons (Fsp3) is 0.350. The molecule has 0 aliphatic rings. The number of hydrogen-bond donors (Lipinski definition) is 1. The third-order valence-electron chi connectivity index (χ3n) is 3.94. The summed E-state index contributed by atoms with van der Waals surface area (Å²) >= 11 is 7.55. The maximum Gasteiger partial charge on any atom is 0.230 e. The van der Waals surface area contributed by atoms with E-state index in [2.05, 4.69) is 5.32 Å². The maximum atomic E-state index is 12.3. The zero-order valence-electron chi connectivity index (χ0n) is 15.3. The fourth-order valence-electron chi connectivity index (χ4n) is 2.61. The number of nitrogens with one attached hydrogen (secondary N) is 1. The Morgan fingerprint density at radius 3 is 2.58 bits per heavy atom. The van der Waals surface area contributed by atoms with Crippen molar-refractivity contribution in [2.45, 2.75) is 25.1 Å². The highest BCUT2D eigenvalue weighted by molar-refractivity contribution is 7.99. The van der Waals surface area contributed by atoms with E-state index in [1.54, 1.807) is 26.0 Å². The van der Waals surface area contributed by atoms with Gasteiger partial charge in [-0.3, -0.25) is 4.79 Å². The second kappa shape index (κ2) is 10.3. The van der Waals surface area contributed by atoms with E-state index in [1.807, 2.05) is 49.4 Å². The van der Waals surface area contributed by atoms with Crippen molar-refractivity contribution in [3.8, 4) is 11.5 Å². The number of halogens is 1. The summed E-state index contributed by atoms with van der Waals surface area (Å²) in [5.41, 5.74) is 2.11. The van der Waals surface area contributed by atoms with E-state index in [1.165, 1.54) is 0 Å². The Bertz CT molecular complexity index is 739. The normalized spacial score (nSPS) is 11.7. The quantitative estimate of drug-likeness (QED) is 0.661. The first-order valence-electron chi connectivity index (χ1n) is 8.40. The molecule has 2 rings (SSSR count). The predicted molar refractivity (Wildman–Crippen MR) is 108 cm³/mol. The van der Waals surface area contributed by atoms with Gasteiger partial charge in [-0.1, -0.05) is 36.7 Å². The van der Waals surface area contributed by atoms with Gasteiger partial charge in [0.15, 0.2) is 11.5 Å². The van der Waals surface area contributed by atoms with Crippen LogP contribution in [-0.2, 0) is 10.5 Å². The SMILES string of the molecule is CC[C@@H](NC(=O)CSCc1cccc(Cl)c1)c1ccc(OC)c(OC)c1. The Hall–Kier alpha value is -1.85. The monoisotopic (exact) mass is 393 g/mol. The van der Waals surface area contributed by atoms with E-state index in [0.29, 0.717) is 22.3 Å². The molecule has 0 bridgehead atoms. The molecule has 0 fully saturated rings. The van der Waals surface area contributed by atoms with E-state index in [-0.39, 0.29) is 11.9 Å². The highest BCUT2D eigenvalue weighted by Gasteiger charge is 2.15. The first-order chi connectivity index (χ1) is 12.6. The lowest BCUT2D eigenvalue weighted by Crippen LogP contribution is -2.29. The molecule has 1 amide bonds. The van der Waals surface area contributed by atoms with Crippen molar-refractivity contribution < 1.29 is 14.3 Å². The van der Waals surface area contributed by atoms with Gasteiger partial charge >= 0.3 is 0 Å². The number of rotatable bonds is 9. The molecule has 0 aliphatic carbocycles. The van der Waals surface area contributed by atoms with Crippen LogP contribution in [0.3, 0.4) is 0 Å². The number of hydrogen-bond acceptors (Lipinski definition) is 4. The highest BCUT2D eigenvalue weighted by atomic mass is 35.5. The van der Waals surface area contributed by atoms with Gasteiger partial charge in [0.1, 0.15) is 0 Å². The van der Waals surface area contributed by atoms with Gasteiger partial charge < -0.3 is 14.8 Å². The Kier molecular flexibility index (Phi) is 8.13. The van der Waals surface area contributed by atoms with Crippen LogP contribution in [0.2, 0.25) is 5.02 Å². The number of carbonyl (C=O) groups is 1. The van der Waals surface area contributed by atoms with Gasteiger partial charge in [0.05, 0.1) is 26.0 Å². The van der Waals surface area contributed by atoms with E-state index >= 15 is 0 Å². The molecule has 26 heavy (non-hydrogen) atoms. The van der Waals surface area contributed by atoms with Gasteiger partial charge in [-0.2, -0.15) is 0 Å². The number of carbonyl (C=O) groups excluding carboxylic acids is 1. The Labute approximate surface area is 164 Å². The molecule has 1 N–H and O–H groups in total. The lowest BCUT2D eigenvalue weighted by atomic mass is 10.0. The second-order valence-electron chi connectivity index (χ2n) is 5.77. The standard InChI is InChI=1S/C20H24ClNO3S/c1-4-17(15-8-9-18(24-2)19(11-15)25-3)22-20(23)13-26-12-14-6-5-7-16(21)10-14/h5-11,17H,4,12-13H2,1-3H3,(H,22,23)/t17-/m1/s1. The molecule has 0 heterocycles. The summed E-state index contributed by atoms with van der Waals surface area (Å²) in [6, 6.07) is 13.4. The summed E-state index contributed by atoms with van der Waals surface area (Å²) in [4.78, 5) is 12.3. The average molecular weight is 394 g/mol. The topological polar surface area (TPSA) is 47.6 Å². The summed E-state index contributed by atoms with van der Waals surface area (Å²) in [6.07, 6.45) is 0.792. The molecule has 0 unspecified atom stereocenters. The number of benzene rings is 2. The minimum Gasteiger partial charge on any atom is -0.493 e. The third-order valence-corrected chi connectivity index (χ3v) is 5.18. The lowest BCUT2D eigenvalue weighted by Gasteiger charge is -2.19. The molecule has 0 saturated carbocycles. The molecular formula is C20H24ClNO3S. The summed E-state index contributed by atoms with van der Waals surface area (Å²) in [5, 5.41) is 3.80. The van der Waals surface area contributed by atoms with Crippen LogP contribution in [0.4, 0.5) is 0 Å². The zero-order valence-corrected chi connectivity index (χ0v) is 16.8. The molecule has 0 radical (unpaired) electrons. The largest absolute Gasteiger partial charge is 0.493 e. The third kappa shape index (κ3) is 5.85. The minimum atomic E-state index is -0.0610. The van der Waals surface area contributed by atoms with Crippen LogP contribution in [0, 0.1) is 0 Å². The molecule has 2 aromatic rings. The molecule has 1 atom stereocenters. The Balaban J connectivity index is 1.91. The first-order valence-corrected chi connectivity index (χ1v) is 9.94. The van der Waals surface area contributed by atoms with E-state index in [9.17, 15) is 4.79 Å². The van der Waals surface area contributed by atoms with Crippen molar-refractivity contribution >= 4 is 29.3 Å². The van der Waals surface area contributed by atoms with Crippen LogP contribution in [-0.4, -0.2) is 25.9 Å². The fourth-order valence-corrected chi connectivity index (χ4v) is 3.61. The molecule has 2 aromatic carbocycles. The molecule has 0 spiro atoms. The van der Waals surface area contributed by atoms with Gasteiger partial charge in [-0.05, 0) is 41.8 Å². The number of thioether (sulfide) groups is 1. The van der Waals surface area contributed by atoms with Crippen LogP contribution < -0.4 is 14.8 Å². The van der Waals surface area contributed by atoms with Crippen molar-refractivity contribution in [2.75, 3.05) is 20.0 Å². The lowest BCUT2D eigenvalue weighted by molar-refractivity contribution is -0.119. The predicted octanol–water partition coefficient (Wildman–Crippen LogP) is 4.86. The Morgan fingerprint density at radius 2 is 1.92 bits per heavy atom. The van der Waals surface area contributed by atoms with Crippen molar-refractivity contribution in [1.82, 2.24) is 5.32 Å². The zero-order chi connectivity index (χ0) is 18.9. The van der Waals surface area contributed by atoms with Crippen molar-refractivity contribution in [2.24, 2.45) is 0 Å². The van der Waals surface area contributed by atoms with Crippen LogP contribution >= 0.6 is 23.4 Å². The van der Waals surface area contributed by atoms with Gasteiger partial charge in [0.2, 0.25) is 5.91 Å². The maximum absolute atomic E-state index is 12.3. The summed E-state index contributed by atoms with van der Waals surface area (Å²) in [7, 11) is 3.21. The van der Waals surface area contributed by atoms with Crippen molar-refractivity contribution in [3.05, 3.63) is 58.6 Å². The molecule has 4 nitrogen and oxygen atoms in total. The van der Waals surface area contributed by atoms with Crippen LogP contribution in [0.1, 0.15) is 30.5 Å². The highest BCUT2D eigenvalue weighted by Crippen LogP contribution is 2.31. The number of ether oxygens (including phenoxy) is 2. The van der Waals surface area contributed by atoms with E-state index < -0.39 is 0 Å². The molecule has 0 saturated heterocycles. The smallest absolute Gasteiger partial charge is 0.230 e. The van der Waals surface area contributed by atoms with Crippen LogP contribution in [0.25, 0.3) is 0 Å². The van der Waals surface area contributed by atoms with Crippen molar-refractivity contribution in [3.63, 3.8) is 0 Å². The van der Waals surface area contributed by atoms with Gasteiger partial charge in [-0.15, -0.1) is 11.8 Å². The Morgan fingerprint density at radius 1 is 1.15 bits per heavy atom. The van der Waals surface area contributed by atoms with Gasteiger partial charge in [-0.25, -0.2) is 0 Å². The van der Waals surface area contributed by atoms with Crippen LogP contribution in [0.15, 0.2) is 42.5 Å². The molecular weight excluding hydrogens is 370 g/mol. The van der Waals surface area contributed by atoms with E-state index in [0.717, 1.165) is 23.3 Å². The van der Waals surface area contributed by atoms with E-state index in [4.69, 9.17) is 21.1 Å². The molecule has 6 heteroatoms.